The summed E-state index contributed by atoms with van der Waals surface area (Å²) in [6.07, 6.45) is -4.59. The number of hydrogen-bond donors (Lipinski definition) is 1. The molecule has 4 nitrogen and oxygen atoms in total. The molecule has 0 spiro atoms. The molecular weight excluding hydrogens is 221 g/mol. The fraction of sp³-hybridized carbons (Fsp3) is 0.167. The van der Waals surface area contributed by atoms with Gasteiger partial charge in [-0.2, -0.15) is 13.2 Å². The van der Waals surface area contributed by atoms with Crippen LogP contribution in [0.15, 0.2) is 12.1 Å². The fourth-order valence-corrected chi connectivity index (χ4v) is 1.08. The normalized spacial score (nSPS) is 11.4. The van der Waals surface area contributed by atoms with Crippen molar-refractivity contribution in [2.45, 2.75) is 6.18 Å². The van der Waals surface area contributed by atoms with Crippen molar-refractivity contribution in [1.29, 1.82) is 0 Å². The highest BCUT2D eigenvalue weighted by atomic mass is 32.1. The number of nitrogens with zero attached hydrogens (tertiary/aromatic N) is 1. The summed E-state index contributed by atoms with van der Waals surface area (Å²) in [5.74, 6) is -0.567. The molecule has 0 radical (unpaired) electrons. The van der Waals surface area contributed by atoms with Crippen LogP contribution in [0.3, 0.4) is 0 Å². The lowest BCUT2D eigenvalue weighted by Crippen LogP contribution is -2.07. The Morgan fingerprint density at radius 2 is 2.00 bits per heavy atom. The number of hydrogen-bond acceptors (Lipinski definition) is 3. The van der Waals surface area contributed by atoms with Gasteiger partial charge in [0, 0.05) is 6.07 Å². The highest BCUT2D eigenvalue weighted by Crippen LogP contribution is 2.30. The zero-order chi connectivity index (χ0) is 10.9. The Hall–Kier alpha value is -1.44. The molecule has 1 heterocycles. The molecule has 0 unspecified atom stereocenters. The van der Waals surface area contributed by atoms with E-state index in [2.05, 4.69) is 12.2 Å². The second-order valence-electron chi connectivity index (χ2n) is 2.34. The Balaban J connectivity index is 3.29. The van der Waals surface area contributed by atoms with Crippen molar-refractivity contribution in [1.82, 2.24) is 4.98 Å². The first kappa shape index (κ1) is 10.6. The summed E-state index contributed by atoms with van der Waals surface area (Å²) < 4.78 is 35.7. The van der Waals surface area contributed by atoms with E-state index in [0.717, 1.165) is 6.07 Å². The van der Waals surface area contributed by atoms with Crippen molar-refractivity contribution < 1.29 is 18.1 Å². The molecule has 1 rings (SSSR count). The third-order valence-electron chi connectivity index (χ3n) is 1.40. The summed E-state index contributed by atoms with van der Waals surface area (Å²) >= 11 is 4.33. The average molecular weight is 224 g/mol. The monoisotopic (exact) mass is 224 g/mol. The van der Waals surface area contributed by atoms with Crippen LogP contribution >= 0.6 is 12.2 Å². The lowest BCUT2D eigenvalue weighted by Gasteiger charge is -2.04. The van der Waals surface area contributed by atoms with Crippen molar-refractivity contribution in [2.24, 2.45) is 0 Å². The molecule has 1 aromatic heterocycles. The van der Waals surface area contributed by atoms with Crippen molar-refractivity contribution in [2.75, 3.05) is 0 Å². The standard InChI is InChI=1S/C6H3F3N2O2S/c7-6(8,9)3-1-2-4(11(12)13)10-5(3)14/h1-2H,(H,10,14). The Kier molecular flexibility index (Phi) is 2.56. The van der Waals surface area contributed by atoms with Crippen LogP contribution in [-0.2, 0) is 6.18 Å². The second-order valence-corrected chi connectivity index (χ2v) is 2.75. The number of alkyl halides is 3. The predicted octanol–water partition coefficient (Wildman–Crippen LogP) is 2.67. The number of aromatic nitrogens is 1. The largest absolute Gasteiger partial charge is 0.421 e. The third-order valence-corrected chi connectivity index (χ3v) is 1.72. The molecule has 0 aromatic carbocycles. The predicted molar refractivity (Wildman–Crippen MR) is 43.3 cm³/mol. The van der Waals surface area contributed by atoms with Gasteiger partial charge in [0.25, 0.3) is 0 Å². The summed E-state index contributed by atoms with van der Waals surface area (Å²) in [6.45, 7) is 0. The Labute approximate surface area is 80.5 Å². The fourth-order valence-electron chi connectivity index (χ4n) is 0.793. The van der Waals surface area contributed by atoms with Crippen LogP contribution in [0.1, 0.15) is 5.56 Å². The maximum atomic E-state index is 12.1. The van der Waals surface area contributed by atoms with Gasteiger partial charge in [-0.15, -0.1) is 0 Å². The minimum Gasteiger partial charge on any atom is -0.358 e. The maximum Gasteiger partial charge on any atom is 0.421 e. The molecule has 1 N–H and O–H groups in total. The summed E-state index contributed by atoms with van der Waals surface area (Å²) in [6, 6.07) is 1.30. The van der Waals surface area contributed by atoms with Gasteiger partial charge in [0.05, 0.1) is 0 Å². The molecular formula is C6H3F3N2O2S. The molecule has 0 atom stereocenters. The number of pyridine rings is 1. The van der Waals surface area contributed by atoms with Crippen LogP contribution in [0, 0.1) is 14.8 Å². The first-order valence-electron chi connectivity index (χ1n) is 3.27. The highest BCUT2D eigenvalue weighted by Gasteiger charge is 2.33. The minimum absolute atomic E-state index is 0.567. The molecule has 0 aliphatic heterocycles. The molecule has 0 bridgehead atoms. The van der Waals surface area contributed by atoms with Gasteiger partial charge in [0.1, 0.15) is 5.56 Å². The van der Waals surface area contributed by atoms with Crippen molar-refractivity contribution in [3.63, 3.8) is 0 Å². The first-order chi connectivity index (χ1) is 6.32. The first-order valence-corrected chi connectivity index (χ1v) is 3.68. The van der Waals surface area contributed by atoms with E-state index in [1.54, 1.807) is 0 Å². The number of halogens is 3. The summed E-state index contributed by atoms with van der Waals surface area (Å²) in [7, 11) is 0. The third kappa shape index (κ3) is 2.08. The van der Waals surface area contributed by atoms with Gasteiger partial charge in [0.2, 0.25) is 4.64 Å². The van der Waals surface area contributed by atoms with Crippen LogP contribution in [0.4, 0.5) is 19.0 Å². The topological polar surface area (TPSA) is 58.9 Å². The quantitative estimate of drug-likeness (QED) is 0.453. The average Bonchev–Trinajstić information content (AvgIpc) is 2.01. The SMILES string of the molecule is O=[N+]([O-])c1ccc(C(F)(F)F)c(=S)[nH]1. The van der Waals surface area contributed by atoms with Gasteiger partial charge in [-0.25, -0.2) is 4.98 Å². The molecule has 0 aliphatic rings. The lowest BCUT2D eigenvalue weighted by molar-refractivity contribution is -0.389. The van der Waals surface area contributed by atoms with Crippen LogP contribution in [0.25, 0.3) is 0 Å². The molecule has 0 aliphatic carbocycles. The van der Waals surface area contributed by atoms with Crippen molar-refractivity contribution in [3.8, 4) is 0 Å². The van der Waals surface area contributed by atoms with E-state index < -0.39 is 27.1 Å². The van der Waals surface area contributed by atoms with Crippen LogP contribution in [-0.4, -0.2) is 9.91 Å². The minimum atomic E-state index is -4.59. The van der Waals surface area contributed by atoms with E-state index in [9.17, 15) is 23.3 Å². The number of nitro groups is 1. The molecule has 1 aromatic rings. The zero-order valence-electron chi connectivity index (χ0n) is 6.46. The Morgan fingerprint density at radius 1 is 1.43 bits per heavy atom. The van der Waals surface area contributed by atoms with Crippen molar-refractivity contribution >= 4 is 18.0 Å². The van der Waals surface area contributed by atoms with Gasteiger partial charge in [-0.3, -0.25) is 0 Å². The molecule has 8 heteroatoms. The smallest absolute Gasteiger partial charge is 0.358 e. The maximum absolute atomic E-state index is 12.1. The number of rotatable bonds is 1. The number of H-pyrrole nitrogens is 1. The number of nitrogens with one attached hydrogen (secondary N) is 1. The van der Waals surface area contributed by atoms with Gasteiger partial charge >= 0.3 is 12.0 Å². The molecule has 0 saturated heterocycles. The summed E-state index contributed by atoms with van der Waals surface area (Å²) in [5.41, 5.74) is -1.09. The van der Waals surface area contributed by atoms with Gasteiger partial charge in [-0.1, -0.05) is 0 Å². The molecule has 0 saturated carbocycles. The van der Waals surface area contributed by atoms with Crippen LogP contribution in [0.2, 0.25) is 0 Å². The summed E-state index contributed by atoms with van der Waals surface area (Å²) in [5, 5.41) is 10.2. The highest BCUT2D eigenvalue weighted by molar-refractivity contribution is 7.71. The zero-order valence-corrected chi connectivity index (χ0v) is 7.28. The van der Waals surface area contributed by atoms with E-state index in [4.69, 9.17) is 0 Å². The van der Waals surface area contributed by atoms with Crippen molar-refractivity contribution in [3.05, 3.63) is 32.5 Å². The second kappa shape index (κ2) is 3.37. The van der Waals surface area contributed by atoms with Gasteiger partial charge in [-0.05, 0) is 23.2 Å². The van der Waals surface area contributed by atoms with Crippen LogP contribution < -0.4 is 0 Å². The van der Waals surface area contributed by atoms with Gasteiger partial charge < -0.3 is 10.1 Å². The Morgan fingerprint density at radius 3 is 2.36 bits per heavy atom. The molecule has 0 fully saturated rings. The van der Waals surface area contributed by atoms with E-state index in [-0.39, 0.29) is 0 Å². The van der Waals surface area contributed by atoms with E-state index >= 15 is 0 Å². The van der Waals surface area contributed by atoms with E-state index in [0.29, 0.717) is 6.07 Å². The Bertz CT molecular complexity index is 426. The van der Waals surface area contributed by atoms with Gasteiger partial charge in [0.15, 0.2) is 0 Å². The van der Waals surface area contributed by atoms with E-state index in [1.807, 2.05) is 4.98 Å². The van der Waals surface area contributed by atoms with E-state index in [1.165, 1.54) is 0 Å². The molecule has 14 heavy (non-hydrogen) atoms. The molecule has 76 valence electrons. The number of aromatic amines is 1. The summed E-state index contributed by atoms with van der Waals surface area (Å²) in [4.78, 5) is 11.2. The molecule has 0 amide bonds. The van der Waals surface area contributed by atoms with Crippen LogP contribution in [0.5, 0.6) is 0 Å². The lowest BCUT2D eigenvalue weighted by atomic mass is 10.3.